The quantitative estimate of drug-likeness (QED) is 0.348. The number of nitrogens with zero attached hydrogens (tertiary/aromatic N) is 2. The van der Waals surface area contributed by atoms with Gasteiger partial charge >= 0.3 is 6.18 Å². The van der Waals surface area contributed by atoms with E-state index >= 15 is 0 Å². The molecule has 2 atom stereocenters. The Morgan fingerprint density at radius 2 is 1.86 bits per heavy atom. The average Bonchev–Trinajstić information content (AvgIpc) is 3.17. The lowest BCUT2D eigenvalue weighted by Gasteiger charge is -2.28. The zero-order chi connectivity index (χ0) is 26.7. The molecule has 2 N–H and O–H groups in total. The van der Waals surface area contributed by atoms with Crippen LogP contribution in [0.5, 0.6) is 5.75 Å². The smallest absolute Gasteiger partial charge is 0.392 e. The molecule has 2 aromatic carbocycles. The van der Waals surface area contributed by atoms with Gasteiger partial charge in [-0.15, -0.1) is 0 Å². The minimum absolute atomic E-state index is 0.171. The first-order valence-corrected chi connectivity index (χ1v) is 12.6. The molecule has 1 heterocycles. The summed E-state index contributed by atoms with van der Waals surface area (Å²) in [5, 5.41) is 14.0. The van der Waals surface area contributed by atoms with E-state index in [1.54, 1.807) is 54.0 Å². The van der Waals surface area contributed by atoms with Gasteiger partial charge in [0, 0.05) is 16.3 Å². The van der Waals surface area contributed by atoms with Crippen LogP contribution in [0.1, 0.15) is 48.3 Å². The van der Waals surface area contributed by atoms with Crippen molar-refractivity contribution in [2.24, 2.45) is 0 Å². The van der Waals surface area contributed by atoms with Crippen molar-refractivity contribution in [1.29, 1.82) is 0 Å². The van der Waals surface area contributed by atoms with E-state index in [0.717, 1.165) is 12.8 Å². The monoisotopic (exact) mass is 555 g/mol. The summed E-state index contributed by atoms with van der Waals surface area (Å²) in [6, 6.07) is 11.0. The summed E-state index contributed by atoms with van der Waals surface area (Å²) in [6.07, 6.45) is -2.84. The molecule has 0 aliphatic heterocycles. The number of amides is 1. The molecule has 0 spiro atoms. The van der Waals surface area contributed by atoms with Crippen LogP contribution < -0.4 is 10.1 Å². The molecule has 1 fully saturated rings. The largest absolute Gasteiger partial charge is 0.493 e. The number of carbonyl (C=O) groups is 1. The summed E-state index contributed by atoms with van der Waals surface area (Å²) in [7, 11) is 0. The van der Waals surface area contributed by atoms with E-state index in [1.807, 2.05) is 0 Å². The number of imidazole rings is 1. The second-order valence-corrected chi connectivity index (χ2v) is 9.81. The summed E-state index contributed by atoms with van der Waals surface area (Å²) in [4.78, 5) is 17.9. The van der Waals surface area contributed by atoms with Gasteiger partial charge in [-0.2, -0.15) is 13.2 Å². The first kappa shape index (κ1) is 27.3. The normalized spacial score (nSPS) is 18.0. The molecule has 4 rings (SSSR count). The van der Waals surface area contributed by atoms with Gasteiger partial charge < -0.3 is 15.2 Å². The molecular weight excluding hydrogens is 530 g/mol. The molecule has 1 aromatic heterocycles. The Labute approximate surface area is 222 Å². The van der Waals surface area contributed by atoms with Crippen LogP contribution >= 0.6 is 23.2 Å². The number of rotatable bonds is 7. The van der Waals surface area contributed by atoms with Crippen LogP contribution in [0.25, 0.3) is 17.1 Å². The topological polar surface area (TPSA) is 76.4 Å². The van der Waals surface area contributed by atoms with E-state index in [1.165, 1.54) is 0 Å². The standard InChI is InChI=1S/C26H26Cl2F3N3O3/c1-15-23(25(36)32-21-4-2-3-5-22(21)35)33-24(19-11-6-16(27)14-20(19)28)34(15)17-7-9-18(10-8-17)37-13-12-26(29,30)31/h6-11,14,21-22,35H,2-5,12-13H2,1H3,(H,32,36)/t21-,22+/m1/s1. The molecule has 0 unspecified atom stereocenters. The van der Waals surface area contributed by atoms with Crippen LogP contribution in [0.15, 0.2) is 42.5 Å². The SMILES string of the molecule is Cc1c(C(=O)N[C@@H]2CCCC[C@@H]2O)nc(-c2ccc(Cl)cc2Cl)n1-c1ccc(OCCC(F)(F)F)cc1. The zero-order valence-electron chi connectivity index (χ0n) is 20.0. The lowest BCUT2D eigenvalue weighted by Crippen LogP contribution is -2.45. The molecule has 0 saturated heterocycles. The molecule has 198 valence electrons. The van der Waals surface area contributed by atoms with Crippen LogP contribution in [0.4, 0.5) is 13.2 Å². The third-order valence-corrected chi connectivity index (χ3v) is 6.84. The molecule has 1 amide bonds. The number of benzene rings is 2. The second-order valence-electron chi connectivity index (χ2n) is 8.97. The van der Waals surface area contributed by atoms with Gasteiger partial charge in [-0.05, 0) is 62.2 Å². The lowest BCUT2D eigenvalue weighted by molar-refractivity contribution is -0.139. The lowest BCUT2D eigenvalue weighted by atomic mass is 9.92. The summed E-state index contributed by atoms with van der Waals surface area (Å²) >= 11 is 12.5. The van der Waals surface area contributed by atoms with Crippen molar-refractivity contribution < 1.29 is 27.8 Å². The number of nitrogens with one attached hydrogen (secondary N) is 1. The van der Waals surface area contributed by atoms with Gasteiger partial charge in [0.1, 0.15) is 17.3 Å². The number of halogens is 5. The van der Waals surface area contributed by atoms with Gasteiger partial charge in [0.15, 0.2) is 0 Å². The first-order chi connectivity index (χ1) is 17.5. The Morgan fingerprint density at radius 1 is 1.16 bits per heavy atom. The maximum Gasteiger partial charge on any atom is 0.392 e. The summed E-state index contributed by atoms with van der Waals surface area (Å²) in [5.41, 5.74) is 1.83. The average molecular weight is 556 g/mol. The molecule has 3 aromatic rings. The van der Waals surface area contributed by atoms with E-state index in [0.29, 0.717) is 45.7 Å². The second kappa shape index (κ2) is 11.3. The third-order valence-electron chi connectivity index (χ3n) is 6.29. The van der Waals surface area contributed by atoms with Crippen molar-refractivity contribution in [3.63, 3.8) is 0 Å². The van der Waals surface area contributed by atoms with Crippen LogP contribution in [-0.2, 0) is 0 Å². The molecule has 1 aliphatic rings. The third kappa shape index (κ3) is 6.58. The summed E-state index contributed by atoms with van der Waals surface area (Å²) in [5.74, 6) is 0.251. The fourth-order valence-electron chi connectivity index (χ4n) is 4.38. The van der Waals surface area contributed by atoms with Crippen LogP contribution in [0.2, 0.25) is 10.0 Å². The van der Waals surface area contributed by atoms with E-state index < -0.39 is 31.2 Å². The highest BCUT2D eigenvalue weighted by Gasteiger charge is 2.29. The Hall–Kier alpha value is -2.75. The number of hydrogen-bond donors (Lipinski definition) is 2. The Kier molecular flexibility index (Phi) is 8.36. The van der Waals surface area contributed by atoms with Gasteiger partial charge in [-0.3, -0.25) is 9.36 Å². The van der Waals surface area contributed by atoms with Crippen LogP contribution in [-0.4, -0.2) is 45.5 Å². The van der Waals surface area contributed by atoms with E-state index in [9.17, 15) is 23.1 Å². The maximum absolute atomic E-state index is 13.2. The molecule has 1 saturated carbocycles. The molecular formula is C26H26Cl2F3N3O3. The van der Waals surface area contributed by atoms with Crippen molar-refractivity contribution >= 4 is 29.1 Å². The number of ether oxygens (including phenoxy) is 1. The van der Waals surface area contributed by atoms with Crippen molar-refractivity contribution in [3.05, 3.63) is 63.9 Å². The molecule has 1 aliphatic carbocycles. The molecule has 6 nitrogen and oxygen atoms in total. The Bertz CT molecular complexity index is 1260. The Balaban J connectivity index is 1.68. The zero-order valence-corrected chi connectivity index (χ0v) is 21.5. The van der Waals surface area contributed by atoms with E-state index in [2.05, 4.69) is 10.3 Å². The number of aliphatic hydroxyl groups is 1. The van der Waals surface area contributed by atoms with Crippen molar-refractivity contribution in [2.75, 3.05) is 6.61 Å². The number of carbonyl (C=O) groups excluding carboxylic acids is 1. The van der Waals surface area contributed by atoms with E-state index in [4.69, 9.17) is 27.9 Å². The van der Waals surface area contributed by atoms with Gasteiger partial charge in [0.2, 0.25) is 0 Å². The van der Waals surface area contributed by atoms with Crippen molar-refractivity contribution in [2.45, 2.75) is 57.3 Å². The number of aliphatic hydroxyl groups excluding tert-OH is 1. The molecule has 0 bridgehead atoms. The Morgan fingerprint density at radius 3 is 2.51 bits per heavy atom. The van der Waals surface area contributed by atoms with Crippen molar-refractivity contribution in [1.82, 2.24) is 14.9 Å². The highest BCUT2D eigenvalue weighted by Crippen LogP contribution is 2.34. The van der Waals surface area contributed by atoms with Crippen molar-refractivity contribution in [3.8, 4) is 22.8 Å². The number of alkyl halides is 3. The molecule has 0 radical (unpaired) electrons. The fourth-order valence-corrected chi connectivity index (χ4v) is 4.87. The summed E-state index contributed by atoms with van der Waals surface area (Å²) < 4.78 is 44.3. The molecule has 37 heavy (non-hydrogen) atoms. The maximum atomic E-state index is 13.2. The van der Waals surface area contributed by atoms with Gasteiger partial charge in [-0.25, -0.2) is 4.98 Å². The summed E-state index contributed by atoms with van der Waals surface area (Å²) in [6.45, 7) is 1.25. The highest BCUT2D eigenvalue weighted by molar-refractivity contribution is 6.36. The predicted molar refractivity (Wildman–Crippen MR) is 136 cm³/mol. The molecule has 11 heteroatoms. The fraction of sp³-hybridized carbons (Fsp3) is 0.385. The predicted octanol–water partition coefficient (Wildman–Crippen LogP) is 6.52. The van der Waals surface area contributed by atoms with Gasteiger partial charge in [0.25, 0.3) is 5.91 Å². The minimum atomic E-state index is -4.30. The van der Waals surface area contributed by atoms with Crippen LogP contribution in [0.3, 0.4) is 0 Å². The highest BCUT2D eigenvalue weighted by atomic mass is 35.5. The van der Waals surface area contributed by atoms with Crippen LogP contribution in [0, 0.1) is 6.92 Å². The number of hydrogen-bond acceptors (Lipinski definition) is 4. The van der Waals surface area contributed by atoms with E-state index in [-0.39, 0.29) is 17.5 Å². The first-order valence-electron chi connectivity index (χ1n) is 11.9. The minimum Gasteiger partial charge on any atom is -0.493 e. The number of aromatic nitrogens is 2. The van der Waals surface area contributed by atoms with Gasteiger partial charge in [0.05, 0.1) is 35.9 Å². The van der Waals surface area contributed by atoms with Gasteiger partial charge in [-0.1, -0.05) is 36.0 Å².